The molecule has 1 aliphatic carbocycles. The van der Waals surface area contributed by atoms with Gasteiger partial charge in [-0.3, -0.25) is 0 Å². The molecule has 0 bridgehead atoms. The monoisotopic (exact) mass is 423 g/mol. The number of benzene rings is 2. The van der Waals surface area contributed by atoms with Crippen LogP contribution in [-0.4, -0.2) is 12.2 Å². The molecule has 1 saturated carbocycles. The van der Waals surface area contributed by atoms with Gasteiger partial charge in [0.15, 0.2) is 0 Å². The topological polar surface area (TPSA) is 21.3 Å². The first-order chi connectivity index (χ1) is 14.3. The highest BCUT2D eigenvalue weighted by atomic mass is 19.4. The average molecular weight is 423 g/mol. The Kier molecular flexibility index (Phi) is 7.75. The van der Waals surface area contributed by atoms with E-state index >= 15 is 0 Å². The van der Waals surface area contributed by atoms with Gasteiger partial charge in [-0.2, -0.15) is 13.2 Å². The number of alkyl halides is 3. The molecular weight excluding hydrogens is 394 g/mol. The van der Waals surface area contributed by atoms with Gasteiger partial charge in [0, 0.05) is 23.7 Å². The lowest BCUT2D eigenvalue weighted by molar-refractivity contribution is -0.184. The van der Waals surface area contributed by atoms with Gasteiger partial charge in [0.25, 0.3) is 0 Å². The molecule has 0 saturated heterocycles. The number of para-hydroxylation sites is 1. The van der Waals surface area contributed by atoms with Gasteiger partial charge in [0.1, 0.15) is 18.2 Å². The van der Waals surface area contributed by atoms with E-state index in [0.29, 0.717) is 36.6 Å². The molecule has 0 amide bonds. The molecule has 3 rings (SSSR count). The lowest BCUT2D eigenvalue weighted by atomic mass is 9.79. The van der Waals surface area contributed by atoms with E-state index in [1.807, 2.05) is 24.3 Å². The zero-order chi connectivity index (χ0) is 21.6. The van der Waals surface area contributed by atoms with Crippen LogP contribution in [-0.2, 0) is 13.2 Å². The quantitative estimate of drug-likeness (QED) is 0.481. The SMILES string of the molecule is CC(CC1CCC(C(F)(F)F)CC1)NCc1ccccc1OCc1ccccc1F. The molecule has 30 heavy (non-hydrogen) atoms. The highest BCUT2D eigenvalue weighted by Crippen LogP contribution is 2.40. The van der Waals surface area contributed by atoms with Crippen molar-refractivity contribution < 1.29 is 22.3 Å². The fourth-order valence-electron chi connectivity index (χ4n) is 4.15. The van der Waals surface area contributed by atoms with E-state index in [9.17, 15) is 17.6 Å². The van der Waals surface area contributed by atoms with E-state index in [2.05, 4.69) is 12.2 Å². The van der Waals surface area contributed by atoms with E-state index in [4.69, 9.17) is 4.74 Å². The Morgan fingerprint density at radius 1 is 0.967 bits per heavy atom. The molecule has 164 valence electrons. The lowest BCUT2D eigenvalue weighted by Gasteiger charge is -2.31. The number of halogens is 4. The summed E-state index contributed by atoms with van der Waals surface area (Å²) in [7, 11) is 0. The smallest absolute Gasteiger partial charge is 0.391 e. The summed E-state index contributed by atoms with van der Waals surface area (Å²) < 4.78 is 58.1. The van der Waals surface area contributed by atoms with Crippen LogP contribution in [0, 0.1) is 17.7 Å². The van der Waals surface area contributed by atoms with Crippen molar-refractivity contribution in [3.05, 3.63) is 65.5 Å². The second kappa shape index (κ2) is 10.3. The molecule has 1 aliphatic rings. The number of hydrogen-bond acceptors (Lipinski definition) is 2. The van der Waals surface area contributed by atoms with E-state index < -0.39 is 12.1 Å². The normalized spacial score (nSPS) is 20.7. The minimum Gasteiger partial charge on any atom is -0.488 e. The largest absolute Gasteiger partial charge is 0.488 e. The van der Waals surface area contributed by atoms with Crippen LogP contribution in [0.3, 0.4) is 0 Å². The predicted molar refractivity (Wildman–Crippen MR) is 110 cm³/mol. The first kappa shape index (κ1) is 22.6. The number of rotatable bonds is 8. The molecule has 0 radical (unpaired) electrons. The van der Waals surface area contributed by atoms with Crippen LogP contribution in [0.25, 0.3) is 0 Å². The molecule has 6 heteroatoms. The van der Waals surface area contributed by atoms with E-state index in [-0.39, 0.29) is 31.3 Å². The van der Waals surface area contributed by atoms with Crippen LogP contribution in [0.1, 0.15) is 50.2 Å². The Morgan fingerprint density at radius 2 is 1.60 bits per heavy atom. The Bertz CT molecular complexity index is 800. The standard InChI is InChI=1S/C24H29F4NO/c1-17(14-18-10-12-21(13-11-18)24(26,27)28)29-15-19-6-3-5-9-23(19)30-16-20-7-2-4-8-22(20)25/h2-9,17-18,21,29H,10-16H2,1H3. The van der Waals surface area contributed by atoms with Gasteiger partial charge >= 0.3 is 6.18 Å². The molecule has 1 atom stereocenters. The highest BCUT2D eigenvalue weighted by molar-refractivity contribution is 5.33. The molecule has 1 unspecified atom stereocenters. The van der Waals surface area contributed by atoms with Crippen LogP contribution in [0.15, 0.2) is 48.5 Å². The van der Waals surface area contributed by atoms with Crippen molar-refractivity contribution in [1.29, 1.82) is 0 Å². The van der Waals surface area contributed by atoms with E-state index in [0.717, 1.165) is 12.0 Å². The third-order valence-corrected chi connectivity index (χ3v) is 5.95. The van der Waals surface area contributed by atoms with Crippen LogP contribution in [0.2, 0.25) is 0 Å². The summed E-state index contributed by atoms with van der Waals surface area (Å²) in [5.41, 5.74) is 1.48. The summed E-state index contributed by atoms with van der Waals surface area (Å²) in [5.74, 6) is -0.387. The summed E-state index contributed by atoms with van der Waals surface area (Å²) in [6.45, 7) is 2.81. The second-order valence-corrected chi connectivity index (χ2v) is 8.26. The second-order valence-electron chi connectivity index (χ2n) is 8.26. The fourth-order valence-corrected chi connectivity index (χ4v) is 4.15. The molecule has 0 heterocycles. The summed E-state index contributed by atoms with van der Waals surface area (Å²) in [4.78, 5) is 0. The van der Waals surface area contributed by atoms with Crippen molar-refractivity contribution in [3.8, 4) is 5.75 Å². The van der Waals surface area contributed by atoms with E-state index in [1.165, 1.54) is 6.07 Å². The number of ether oxygens (including phenoxy) is 1. The van der Waals surface area contributed by atoms with Gasteiger partial charge in [-0.15, -0.1) is 0 Å². The number of hydrogen-bond donors (Lipinski definition) is 1. The first-order valence-electron chi connectivity index (χ1n) is 10.6. The van der Waals surface area contributed by atoms with Crippen molar-refractivity contribution in [2.45, 2.75) is 64.4 Å². The third kappa shape index (κ3) is 6.46. The van der Waals surface area contributed by atoms with Crippen LogP contribution in [0.4, 0.5) is 17.6 Å². The van der Waals surface area contributed by atoms with Crippen LogP contribution in [0.5, 0.6) is 5.75 Å². The van der Waals surface area contributed by atoms with Crippen molar-refractivity contribution in [2.75, 3.05) is 0 Å². The molecule has 2 nitrogen and oxygen atoms in total. The molecule has 2 aromatic rings. The molecule has 1 fully saturated rings. The van der Waals surface area contributed by atoms with Crippen molar-refractivity contribution >= 4 is 0 Å². The third-order valence-electron chi connectivity index (χ3n) is 5.95. The number of nitrogens with one attached hydrogen (secondary N) is 1. The summed E-state index contributed by atoms with van der Waals surface area (Å²) in [5, 5.41) is 3.46. The molecule has 0 spiro atoms. The maximum Gasteiger partial charge on any atom is 0.391 e. The fraction of sp³-hybridized carbons (Fsp3) is 0.500. The molecule has 0 aliphatic heterocycles. The lowest BCUT2D eigenvalue weighted by Crippen LogP contribution is -2.32. The Balaban J connectivity index is 1.47. The summed E-state index contributed by atoms with van der Waals surface area (Å²) in [6.07, 6.45) is -1.43. The maximum atomic E-state index is 13.8. The zero-order valence-electron chi connectivity index (χ0n) is 17.2. The minimum absolute atomic E-state index is 0.154. The summed E-state index contributed by atoms with van der Waals surface area (Å²) in [6, 6.07) is 14.4. The predicted octanol–water partition coefficient (Wildman–Crippen LogP) is 6.64. The molecule has 0 aromatic heterocycles. The average Bonchev–Trinajstić information content (AvgIpc) is 2.72. The van der Waals surface area contributed by atoms with Gasteiger partial charge in [0.2, 0.25) is 0 Å². The van der Waals surface area contributed by atoms with Gasteiger partial charge in [-0.25, -0.2) is 4.39 Å². The maximum absolute atomic E-state index is 13.8. The Morgan fingerprint density at radius 3 is 2.27 bits per heavy atom. The van der Waals surface area contributed by atoms with Gasteiger partial charge in [0.05, 0.1) is 5.92 Å². The zero-order valence-corrected chi connectivity index (χ0v) is 17.2. The molecule has 1 N–H and O–H groups in total. The van der Waals surface area contributed by atoms with Crippen LogP contribution < -0.4 is 10.1 Å². The first-order valence-corrected chi connectivity index (χ1v) is 10.6. The van der Waals surface area contributed by atoms with Gasteiger partial charge in [-0.1, -0.05) is 36.4 Å². The van der Waals surface area contributed by atoms with Crippen molar-refractivity contribution in [3.63, 3.8) is 0 Å². The summed E-state index contributed by atoms with van der Waals surface area (Å²) >= 11 is 0. The highest BCUT2D eigenvalue weighted by Gasteiger charge is 2.41. The molecular formula is C24H29F4NO. The van der Waals surface area contributed by atoms with Crippen LogP contribution >= 0.6 is 0 Å². The Labute approximate surface area is 175 Å². The van der Waals surface area contributed by atoms with E-state index in [1.54, 1.807) is 18.2 Å². The van der Waals surface area contributed by atoms with Crippen molar-refractivity contribution in [1.82, 2.24) is 5.32 Å². The molecule has 2 aromatic carbocycles. The van der Waals surface area contributed by atoms with Gasteiger partial charge in [-0.05, 0) is 57.1 Å². The Hall–Kier alpha value is -2.08. The van der Waals surface area contributed by atoms with Crippen molar-refractivity contribution in [2.24, 2.45) is 11.8 Å². The minimum atomic E-state index is -4.05. The van der Waals surface area contributed by atoms with Gasteiger partial charge < -0.3 is 10.1 Å².